The summed E-state index contributed by atoms with van der Waals surface area (Å²) >= 11 is 0. The standard InChI is InChI=1S/C30H33N7O8/c31-21(9-16-5-7-19(38)8-6-16)27(41)35-23(10-17-13-33-22-4-2-1-3-20(17)22)28(42)36-24(12-26(39)40)29(43)37-25(30(44)45)11-18-14-32-15-34-18/h1-8,13-15,21,23-25,33,38H,9-12,31H2,(H,32,34)(H,35,41)(H,36,42)(H,37,43)(H,39,40)(H,44,45). The van der Waals surface area contributed by atoms with Crippen LogP contribution in [0.4, 0.5) is 0 Å². The van der Waals surface area contributed by atoms with Gasteiger partial charge in [-0.25, -0.2) is 9.78 Å². The SMILES string of the molecule is NC(Cc1ccc(O)cc1)C(=O)NC(Cc1c[nH]c2ccccc12)C(=O)NC(CC(=O)O)C(=O)NC(Cc1cnc[nH]1)C(=O)O. The number of rotatable bonds is 15. The van der Waals surface area contributed by atoms with Crippen LogP contribution in [0.15, 0.2) is 67.3 Å². The highest BCUT2D eigenvalue weighted by Gasteiger charge is 2.32. The number of aliphatic carboxylic acids is 2. The molecule has 236 valence electrons. The second-order valence-corrected chi connectivity index (χ2v) is 10.4. The van der Waals surface area contributed by atoms with Crippen LogP contribution in [0.5, 0.6) is 5.75 Å². The number of hydrogen-bond acceptors (Lipinski definition) is 8. The number of carbonyl (C=O) groups is 5. The van der Waals surface area contributed by atoms with Crippen LogP contribution in [0.1, 0.15) is 23.2 Å². The zero-order valence-electron chi connectivity index (χ0n) is 23.9. The van der Waals surface area contributed by atoms with Crippen molar-refractivity contribution in [2.45, 2.75) is 49.9 Å². The quantitative estimate of drug-likeness (QED) is 0.0858. The Morgan fingerprint density at radius 2 is 1.47 bits per heavy atom. The van der Waals surface area contributed by atoms with E-state index in [0.29, 0.717) is 16.8 Å². The second kappa shape index (κ2) is 14.7. The number of imidazole rings is 1. The third-order valence-electron chi connectivity index (χ3n) is 7.07. The molecule has 4 rings (SSSR count). The number of fused-ring (bicyclic) bond motifs is 1. The fraction of sp³-hybridized carbons (Fsp3) is 0.267. The van der Waals surface area contributed by atoms with E-state index in [1.165, 1.54) is 24.7 Å². The number of carboxylic acid groups (broad SMARTS) is 2. The van der Waals surface area contributed by atoms with Crippen LogP contribution in [-0.2, 0) is 43.2 Å². The van der Waals surface area contributed by atoms with Crippen LogP contribution in [0.2, 0.25) is 0 Å². The van der Waals surface area contributed by atoms with Crippen molar-refractivity contribution in [2.24, 2.45) is 5.73 Å². The number of aromatic amines is 2. The van der Waals surface area contributed by atoms with Crippen LogP contribution in [-0.4, -0.2) is 84.1 Å². The Hall–Kier alpha value is -5.70. The third-order valence-corrected chi connectivity index (χ3v) is 7.07. The third kappa shape index (κ3) is 8.90. The van der Waals surface area contributed by atoms with Crippen molar-refractivity contribution in [3.63, 3.8) is 0 Å². The maximum Gasteiger partial charge on any atom is 0.326 e. The predicted octanol–water partition coefficient (Wildman–Crippen LogP) is -0.0345. The van der Waals surface area contributed by atoms with Crippen molar-refractivity contribution >= 4 is 40.6 Å². The van der Waals surface area contributed by atoms with Gasteiger partial charge in [0, 0.05) is 41.8 Å². The minimum absolute atomic E-state index is 0.0446. The van der Waals surface area contributed by atoms with E-state index in [4.69, 9.17) is 5.73 Å². The summed E-state index contributed by atoms with van der Waals surface area (Å²) in [6.45, 7) is 0. The number of phenolic OH excluding ortho intramolecular Hbond substituents is 1. The van der Waals surface area contributed by atoms with E-state index in [2.05, 4.69) is 30.9 Å². The predicted molar refractivity (Wildman–Crippen MR) is 160 cm³/mol. The van der Waals surface area contributed by atoms with Gasteiger partial charge in [-0.1, -0.05) is 30.3 Å². The first-order valence-electron chi connectivity index (χ1n) is 13.9. The van der Waals surface area contributed by atoms with Gasteiger partial charge < -0.3 is 47.0 Å². The zero-order chi connectivity index (χ0) is 32.5. The van der Waals surface area contributed by atoms with Gasteiger partial charge in [-0.3, -0.25) is 19.2 Å². The topological polar surface area (TPSA) is 253 Å². The van der Waals surface area contributed by atoms with Crippen LogP contribution in [0.25, 0.3) is 10.9 Å². The van der Waals surface area contributed by atoms with Crippen LogP contribution < -0.4 is 21.7 Å². The summed E-state index contributed by atoms with van der Waals surface area (Å²) in [4.78, 5) is 73.0. The Morgan fingerprint density at radius 1 is 0.800 bits per heavy atom. The van der Waals surface area contributed by atoms with Crippen LogP contribution in [0, 0.1) is 0 Å². The lowest BCUT2D eigenvalue weighted by atomic mass is 10.0. The van der Waals surface area contributed by atoms with Crippen molar-refractivity contribution in [3.8, 4) is 5.75 Å². The average Bonchev–Trinajstić information content (AvgIpc) is 3.67. The molecule has 45 heavy (non-hydrogen) atoms. The maximum atomic E-state index is 13.6. The fourth-order valence-corrected chi connectivity index (χ4v) is 4.73. The van der Waals surface area contributed by atoms with Crippen LogP contribution in [0.3, 0.4) is 0 Å². The summed E-state index contributed by atoms with van der Waals surface area (Å²) in [5.41, 5.74) is 8.64. The second-order valence-electron chi connectivity index (χ2n) is 10.4. The zero-order valence-corrected chi connectivity index (χ0v) is 23.9. The molecule has 0 radical (unpaired) electrons. The van der Waals surface area contributed by atoms with Gasteiger partial charge >= 0.3 is 11.9 Å². The molecule has 4 unspecified atom stereocenters. The number of phenols is 1. The van der Waals surface area contributed by atoms with E-state index >= 15 is 0 Å². The molecule has 0 fully saturated rings. The van der Waals surface area contributed by atoms with Crippen LogP contribution >= 0.6 is 0 Å². The highest BCUT2D eigenvalue weighted by molar-refractivity contribution is 5.96. The highest BCUT2D eigenvalue weighted by atomic mass is 16.4. The van der Waals surface area contributed by atoms with Gasteiger partial charge in [-0.05, 0) is 35.7 Å². The van der Waals surface area contributed by atoms with Crippen molar-refractivity contribution in [1.29, 1.82) is 0 Å². The molecule has 0 saturated heterocycles. The first-order valence-corrected chi connectivity index (χ1v) is 13.9. The molecule has 10 N–H and O–H groups in total. The number of nitrogens with one attached hydrogen (secondary N) is 5. The first-order chi connectivity index (χ1) is 21.5. The van der Waals surface area contributed by atoms with Gasteiger partial charge in [0.2, 0.25) is 17.7 Å². The lowest BCUT2D eigenvalue weighted by molar-refractivity contribution is -0.143. The van der Waals surface area contributed by atoms with E-state index < -0.39 is 60.2 Å². The molecule has 0 aliphatic heterocycles. The number of aromatic hydroxyl groups is 1. The summed E-state index contributed by atoms with van der Waals surface area (Å²) < 4.78 is 0. The molecule has 0 aliphatic rings. The van der Waals surface area contributed by atoms with Crippen molar-refractivity contribution in [3.05, 3.63) is 84.1 Å². The lowest BCUT2D eigenvalue weighted by Crippen LogP contribution is -2.58. The molecule has 4 atom stereocenters. The number of carboxylic acids is 2. The van der Waals surface area contributed by atoms with Crippen molar-refractivity contribution in [1.82, 2.24) is 30.9 Å². The molecule has 2 heterocycles. The molecular weight excluding hydrogens is 586 g/mol. The van der Waals surface area contributed by atoms with E-state index in [9.17, 15) is 39.3 Å². The van der Waals surface area contributed by atoms with Gasteiger partial charge in [0.05, 0.1) is 18.8 Å². The Labute approximate surface area is 256 Å². The molecule has 2 aromatic carbocycles. The molecule has 4 aromatic rings. The molecule has 2 aromatic heterocycles. The van der Waals surface area contributed by atoms with E-state index in [-0.39, 0.29) is 25.0 Å². The number of nitrogens with two attached hydrogens (primary N) is 1. The average molecular weight is 620 g/mol. The maximum absolute atomic E-state index is 13.6. The number of H-pyrrole nitrogens is 2. The number of benzene rings is 2. The van der Waals surface area contributed by atoms with Gasteiger partial charge in [0.1, 0.15) is 23.9 Å². The summed E-state index contributed by atoms with van der Waals surface area (Å²) in [6, 6.07) is 7.86. The largest absolute Gasteiger partial charge is 0.508 e. The summed E-state index contributed by atoms with van der Waals surface area (Å²) in [5.74, 6) is -5.38. The molecule has 15 heteroatoms. The normalized spacial score (nSPS) is 13.7. The molecule has 0 saturated carbocycles. The monoisotopic (exact) mass is 619 g/mol. The molecule has 0 spiro atoms. The number of hydrogen-bond donors (Lipinski definition) is 9. The Morgan fingerprint density at radius 3 is 2.13 bits per heavy atom. The Kier molecular flexibility index (Phi) is 10.5. The van der Waals surface area contributed by atoms with Crippen molar-refractivity contribution in [2.75, 3.05) is 0 Å². The van der Waals surface area contributed by atoms with E-state index in [0.717, 1.165) is 10.9 Å². The molecule has 3 amide bonds. The number of para-hydroxylation sites is 1. The molecule has 0 aliphatic carbocycles. The highest BCUT2D eigenvalue weighted by Crippen LogP contribution is 2.19. The minimum atomic E-state index is -1.67. The smallest absolute Gasteiger partial charge is 0.326 e. The summed E-state index contributed by atoms with van der Waals surface area (Å²) in [7, 11) is 0. The van der Waals surface area contributed by atoms with E-state index in [1.54, 1.807) is 24.4 Å². The summed E-state index contributed by atoms with van der Waals surface area (Å²) in [5, 5.41) is 36.7. The molecular formula is C30H33N7O8. The summed E-state index contributed by atoms with van der Waals surface area (Å²) in [6.07, 6.45) is 3.39. The molecule has 0 bridgehead atoms. The van der Waals surface area contributed by atoms with Gasteiger partial charge in [0.25, 0.3) is 0 Å². The lowest BCUT2D eigenvalue weighted by Gasteiger charge is -2.24. The van der Waals surface area contributed by atoms with Crippen molar-refractivity contribution < 1.29 is 39.3 Å². The van der Waals surface area contributed by atoms with Gasteiger partial charge in [-0.15, -0.1) is 0 Å². The number of aromatic nitrogens is 3. The van der Waals surface area contributed by atoms with Gasteiger partial charge in [0.15, 0.2) is 0 Å². The Bertz CT molecular complexity index is 1650. The number of amides is 3. The minimum Gasteiger partial charge on any atom is -0.508 e. The van der Waals surface area contributed by atoms with Gasteiger partial charge in [-0.2, -0.15) is 0 Å². The number of carbonyl (C=O) groups excluding carboxylic acids is 3. The fourth-order valence-electron chi connectivity index (χ4n) is 4.73. The first kappa shape index (κ1) is 32.2. The van der Waals surface area contributed by atoms with E-state index in [1.807, 2.05) is 18.2 Å². The number of nitrogens with zero attached hydrogens (tertiary/aromatic N) is 1. The molecule has 15 nitrogen and oxygen atoms in total. The Balaban J connectivity index is 1.53.